The van der Waals surface area contributed by atoms with Crippen molar-refractivity contribution in [2.24, 2.45) is 0 Å². The average molecular weight is 595 g/mol. The molecule has 3 nitrogen and oxygen atoms in total. The van der Waals surface area contributed by atoms with Gasteiger partial charge in [-0.1, -0.05) is 103 Å². The van der Waals surface area contributed by atoms with Gasteiger partial charge in [0.05, 0.1) is 10.2 Å². The third-order valence-corrected chi connectivity index (χ3v) is 9.61. The lowest BCUT2D eigenvalue weighted by Crippen LogP contribution is -2.09. The molecule has 45 heavy (non-hydrogen) atoms. The first-order chi connectivity index (χ1) is 22.3. The van der Waals surface area contributed by atoms with Crippen molar-refractivity contribution in [2.75, 3.05) is 4.90 Å². The minimum atomic E-state index is 0.869. The molecule has 0 aliphatic carbocycles. The first-order valence-electron chi connectivity index (χ1n) is 15.0. The molecule has 9 aromatic rings. The van der Waals surface area contributed by atoms with E-state index in [0.717, 1.165) is 59.8 Å². The van der Waals surface area contributed by atoms with E-state index >= 15 is 0 Å². The first kappa shape index (κ1) is 25.8. The molecule has 0 amide bonds. The molecule has 0 fully saturated rings. The highest BCUT2D eigenvalue weighted by atomic mass is 32.1. The van der Waals surface area contributed by atoms with Gasteiger partial charge in [-0.05, 0) is 76.5 Å². The maximum absolute atomic E-state index is 6.40. The summed E-state index contributed by atoms with van der Waals surface area (Å²) in [5.41, 5.74) is 9.51. The second-order valence-electron chi connectivity index (χ2n) is 11.2. The normalized spacial score (nSPS) is 11.6. The number of benzene rings is 7. The van der Waals surface area contributed by atoms with E-state index in [0.29, 0.717) is 0 Å². The second kappa shape index (κ2) is 10.5. The summed E-state index contributed by atoms with van der Waals surface area (Å²) in [7, 11) is 0. The zero-order chi connectivity index (χ0) is 29.7. The minimum Gasteiger partial charge on any atom is -0.456 e. The van der Waals surface area contributed by atoms with E-state index in [1.807, 2.05) is 6.07 Å². The van der Waals surface area contributed by atoms with Crippen molar-refractivity contribution in [3.8, 4) is 21.7 Å². The van der Waals surface area contributed by atoms with Crippen molar-refractivity contribution in [1.82, 2.24) is 4.98 Å². The number of hydrogen-bond donors (Lipinski definition) is 0. The summed E-state index contributed by atoms with van der Waals surface area (Å²) in [6, 6.07) is 55.6. The molecule has 0 unspecified atom stereocenters. The van der Waals surface area contributed by atoms with Crippen LogP contribution in [0.5, 0.6) is 0 Å². The van der Waals surface area contributed by atoms with E-state index < -0.39 is 0 Å². The van der Waals surface area contributed by atoms with Gasteiger partial charge in [-0.15, -0.1) is 11.3 Å². The number of nitrogens with zero attached hydrogens (tertiary/aromatic N) is 2. The summed E-state index contributed by atoms with van der Waals surface area (Å²) in [6.07, 6.45) is 0. The highest BCUT2D eigenvalue weighted by Gasteiger charge is 2.19. The van der Waals surface area contributed by atoms with E-state index in [1.165, 1.54) is 21.9 Å². The summed E-state index contributed by atoms with van der Waals surface area (Å²) in [5.74, 6) is 0. The van der Waals surface area contributed by atoms with E-state index in [9.17, 15) is 0 Å². The van der Waals surface area contributed by atoms with Crippen LogP contribution in [-0.4, -0.2) is 4.98 Å². The van der Waals surface area contributed by atoms with Gasteiger partial charge >= 0.3 is 0 Å². The van der Waals surface area contributed by atoms with Crippen LogP contribution in [-0.2, 0) is 0 Å². The first-order valence-corrected chi connectivity index (χ1v) is 15.9. The Kier molecular flexibility index (Phi) is 6.00. The quantitative estimate of drug-likeness (QED) is 0.198. The number of rotatable bonds is 5. The zero-order valence-corrected chi connectivity index (χ0v) is 25.0. The molecule has 0 aliphatic rings. The standard InChI is InChI=1S/C41H26N2OS/c1-3-9-27(10-4-1)29-15-18-32(19-16-29)43(33-20-17-28-11-7-8-14-31(28)25-33)34-21-23-37-35(26-34)39-38(44-37)24-22-36-40(39)45-41(42-36)30-12-5-2-6-13-30/h1-26H. The van der Waals surface area contributed by atoms with Crippen LogP contribution >= 0.6 is 11.3 Å². The van der Waals surface area contributed by atoms with Crippen LogP contribution in [0.4, 0.5) is 17.1 Å². The van der Waals surface area contributed by atoms with Gasteiger partial charge in [0.2, 0.25) is 0 Å². The number of aromatic nitrogens is 1. The molecule has 0 saturated carbocycles. The van der Waals surface area contributed by atoms with E-state index in [-0.39, 0.29) is 0 Å². The average Bonchev–Trinajstić information content (AvgIpc) is 3.71. The fourth-order valence-corrected chi connectivity index (χ4v) is 7.40. The van der Waals surface area contributed by atoms with Crippen LogP contribution in [0.2, 0.25) is 0 Å². The topological polar surface area (TPSA) is 29.3 Å². The largest absolute Gasteiger partial charge is 0.456 e. The highest BCUT2D eigenvalue weighted by molar-refractivity contribution is 7.22. The number of thiazole rings is 1. The van der Waals surface area contributed by atoms with Gasteiger partial charge in [0.25, 0.3) is 0 Å². The number of hydrogen-bond acceptors (Lipinski definition) is 4. The zero-order valence-electron chi connectivity index (χ0n) is 24.2. The Labute approximate surface area is 264 Å². The maximum Gasteiger partial charge on any atom is 0.137 e. The van der Waals surface area contributed by atoms with Crippen LogP contribution in [0.1, 0.15) is 0 Å². The molecule has 0 atom stereocenters. The van der Waals surface area contributed by atoms with E-state index in [1.54, 1.807) is 11.3 Å². The smallest absolute Gasteiger partial charge is 0.137 e. The van der Waals surface area contributed by atoms with Gasteiger partial charge in [-0.3, -0.25) is 0 Å². The van der Waals surface area contributed by atoms with Gasteiger partial charge in [-0.2, -0.15) is 0 Å². The Morgan fingerprint density at radius 3 is 1.91 bits per heavy atom. The van der Waals surface area contributed by atoms with Crippen molar-refractivity contribution >= 4 is 71.3 Å². The molecule has 0 bridgehead atoms. The molecule has 4 heteroatoms. The number of fused-ring (bicyclic) bond motifs is 6. The lowest BCUT2D eigenvalue weighted by atomic mass is 10.0. The summed E-state index contributed by atoms with van der Waals surface area (Å²) in [4.78, 5) is 7.34. The van der Waals surface area contributed by atoms with Crippen LogP contribution in [0.15, 0.2) is 162 Å². The molecule has 0 spiro atoms. The van der Waals surface area contributed by atoms with Crippen LogP contribution in [0.3, 0.4) is 0 Å². The monoisotopic (exact) mass is 594 g/mol. The van der Waals surface area contributed by atoms with Crippen molar-refractivity contribution in [1.29, 1.82) is 0 Å². The van der Waals surface area contributed by atoms with E-state index in [2.05, 4.69) is 157 Å². The Bertz CT molecular complexity index is 2480. The summed E-state index contributed by atoms with van der Waals surface area (Å²) < 4.78 is 7.55. The van der Waals surface area contributed by atoms with Gasteiger partial charge in [0, 0.05) is 33.4 Å². The second-order valence-corrected chi connectivity index (χ2v) is 12.2. The Morgan fingerprint density at radius 1 is 0.489 bits per heavy atom. The minimum absolute atomic E-state index is 0.869. The molecule has 9 rings (SSSR count). The van der Waals surface area contributed by atoms with Gasteiger partial charge in [0.15, 0.2) is 0 Å². The predicted molar refractivity (Wildman–Crippen MR) is 190 cm³/mol. The summed E-state index contributed by atoms with van der Waals surface area (Å²) in [5, 5.41) is 5.64. The van der Waals surface area contributed by atoms with E-state index in [4.69, 9.17) is 9.40 Å². The van der Waals surface area contributed by atoms with Crippen LogP contribution in [0, 0.1) is 0 Å². The SMILES string of the molecule is c1ccc(-c2ccc(N(c3ccc4ccccc4c3)c3ccc4oc5ccc6nc(-c7ccccc7)sc6c5c4c3)cc2)cc1. The molecule has 2 aromatic heterocycles. The van der Waals surface area contributed by atoms with Crippen LogP contribution in [0.25, 0.3) is 64.6 Å². The third-order valence-electron chi connectivity index (χ3n) is 8.47. The molecule has 212 valence electrons. The Hall–Kier alpha value is -5.71. The number of furan rings is 1. The van der Waals surface area contributed by atoms with Gasteiger partial charge < -0.3 is 9.32 Å². The highest BCUT2D eigenvalue weighted by Crippen LogP contribution is 2.43. The fraction of sp³-hybridized carbons (Fsp3) is 0. The predicted octanol–water partition coefficient (Wildman–Crippen LogP) is 12.2. The lowest BCUT2D eigenvalue weighted by molar-refractivity contribution is 0.669. The van der Waals surface area contributed by atoms with Gasteiger partial charge in [-0.25, -0.2) is 4.98 Å². The summed E-state index contributed by atoms with van der Waals surface area (Å²) in [6.45, 7) is 0. The maximum atomic E-state index is 6.40. The van der Waals surface area contributed by atoms with Crippen molar-refractivity contribution < 1.29 is 4.42 Å². The Morgan fingerprint density at radius 2 is 1.11 bits per heavy atom. The molecule has 7 aromatic carbocycles. The third kappa shape index (κ3) is 4.46. The lowest BCUT2D eigenvalue weighted by Gasteiger charge is -2.26. The molecule has 0 N–H and O–H groups in total. The molecular formula is C41H26N2OS. The number of anilines is 3. The van der Waals surface area contributed by atoms with Gasteiger partial charge in [0.1, 0.15) is 16.2 Å². The Balaban J connectivity index is 1.23. The molecular weight excluding hydrogens is 569 g/mol. The molecule has 0 aliphatic heterocycles. The van der Waals surface area contributed by atoms with Crippen molar-refractivity contribution in [3.63, 3.8) is 0 Å². The molecule has 2 heterocycles. The van der Waals surface area contributed by atoms with Crippen LogP contribution < -0.4 is 4.90 Å². The molecule has 0 radical (unpaired) electrons. The summed E-state index contributed by atoms with van der Waals surface area (Å²) >= 11 is 1.72. The van der Waals surface area contributed by atoms with Crippen molar-refractivity contribution in [3.05, 3.63) is 158 Å². The molecule has 0 saturated heterocycles. The van der Waals surface area contributed by atoms with Crippen molar-refractivity contribution in [2.45, 2.75) is 0 Å². The fourth-order valence-electron chi connectivity index (χ4n) is 6.27.